The van der Waals surface area contributed by atoms with E-state index in [9.17, 15) is 38.4 Å². The van der Waals surface area contributed by atoms with Gasteiger partial charge in [0, 0.05) is 24.9 Å². The number of aliphatic carboxylic acids is 1. The van der Waals surface area contributed by atoms with Crippen molar-refractivity contribution in [1.29, 1.82) is 0 Å². The van der Waals surface area contributed by atoms with Crippen molar-refractivity contribution in [3.05, 3.63) is 168 Å². The van der Waals surface area contributed by atoms with E-state index in [1.807, 2.05) is 6.07 Å². The Balaban J connectivity index is 0.000000620. The largest absolute Gasteiger partial charge is 0.481 e. The number of fused-ring (bicyclic) bond motifs is 18. The molecule has 2 aliphatic rings. The third-order valence-corrected chi connectivity index (χ3v) is 10.3. The second kappa shape index (κ2) is 26.6. The van der Waals surface area contributed by atoms with E-state index in [0.29, 0.717) is 17.4 Å². The number of carboxylic acid groups (broad SMARTS) is 1. The third-order valence-electron chi connectivity index (χ3n) is 10.3. The minimum absolute atomic E-state index is 0.00932. The zero-order valence-corrected chi connectivity index (χ0v) is 36.8. The summed E-state index contributed by atoms with van der Waals surface area (Å²) in [4.78, 5) is 103. The summed E-state index contributed by atoms with van der Waals surface area (Å²) in [5, 5.41) is 24.3. The second-order valence-electron chi connectivity index (χ2n) is 15.4. The van der Waals surface area contributed by atoms with E-state index in [1.54, 1.807) is 54.6 Å². The van der Waals surface area contributed by atoms with Crippen molar-refractivity contribution < 1.29 is 43.5 Å². The van der Waals surface area contributed by atoms with Crippen LogP contribution in [-0.4, -0.2) is 90.1 Å². The molecule has 2 bridgehead atoms. The molecule has 2 aliphatic heterocycles. The SMILES string of the molecule is C=C/C=C(\C=C)CC[C@H]1NC(=O)[C@@H](NC(=O)CCC(=O)O)CNC(=O)c2ccc(cc2)C[C@@H](C=O)NC(=O)[C@@H](Cc2ccccc2)NC(=O)CNC1=O.Cc1ccc(-c2ccccc2)cc1. The van der Waals surface area contributed by atoms with Crippen LogP contribution in [0.5, 0.6) is 0 Å². The van der Waals surface area contributed by atoms with Crippen LogP contribution < -0.4 is 31.9 Å². The van der Waals surface area contributed by atoms with Crippen molar-refractivity contribution in [3.8, 4) is 11.1 Å². The number of carbonyl (C=O) groups excluding carboxylic acids is 7. The number of hydrogen-bond donors (Lipinski definition) is 7. The molecule has 4 aromatic rings. The summed E-state index contributed by atoms with van der Waals surface area (Å²) in [5.74, 6) is -5.64. The average molecular weight is 897 g/mol. The fourth-order valence-corrected chi connectivity index (χ4v) is 6.68. The standard InChI is InChI=1S/C38H44N6O9.C13H12/c1-3-8-24(4-2)13-16-29-36(51)40-22-33(47)42-30(20-25-9-6-5-7-10-25)37(52)41-28(23-45)19-26-11-14-27(15-12-26)35(50)39-21-31(38(53)44-29)43-32(46)17-18-34(48)49;1-11-7-9-13(10-8-11)12-5-3-2-4-6-12/h3-12,14-15,23,28-31H,1-2,13,16-22H2,(H,39,50)(H,40,51)(H,41,52)(H,42,47)(H,43,46)(H,44,53)(H,48,49);2-10H,1H3/b24-8+;/t28-,29+,30+,31-;/m0./s1. The van der Waals surface area contributed by atoms with Crippen LogP contribution in [0.2, 0.25) is 0 Å². The van der Waals surface area contributed by atoms with Crippen LogP contribution in [0.3, 0.4) is 0 Å². The van der Waals surface area contributed by atoms with Gasteiger partial charge in [0.1, 0.15) is 24.4 Å². The molecule has 0 radical (unpaired) electrons. The van der Waals surface area contributed by atoms with E-state index < -0.39 is 91.5 Å². The molecule has 344 valence electrons. The van der Waals surface area contributed by atoms with Gasteiger partial charge in [0.2, 0.25) is 29.5 Å². The van der Waals surface area contributed by atoms with Gasteiger partial charge in [-0.25, -0.2) is 0 Å². The van der Waals surface area contributed by atoms with Crippen molar-refractivity contribution in [2.24, 2.45) is 0 Å². The first-order valence-electron chi connectivity index (χ1n) is 21.4. The quantitative estimate of drug-likeness (QED) is 0.0582. The molecular weight excluding hydrogens is 841 g/mol. The van der Waals surface area contributed by atoms with Gasteiger partial charge >= 0.3 is 5.97 Å². The minimum Gasteiger partial charge on any atom is -0.481 e. The number of rotatable bonds is 13. The Hall–Kier alpha value is -7.94. The predicted molar refractivity (Wildman–Crippen MR) is 251 cm³/mol. The number of allylic oxidation sites excluding steroid dienone is 4. The molecule has 15 nitrogen and oxygen atoms in total. The number of hydrogen-bond acceptors (Lipinski definition) is 8. The van der Waals surface area contributed by atoms with Crippen LogP contribution in [0, 0.1) is 6.92 Å². The maximum absolute atomic E-state index is 13.6. The number of carbonyl (C=O) groups is 8. The van der Waals surface area contributed by atoms with Crippen molar-refractivity contribution in [3.63, 3.8) is 0 Å². The summed E-state index contributed by atoms with van der Waals surface area (Å²) >= 11 is 0. The molecule has 0 unspecified atom stereocenters. The van der Waals surface area contributed by atoms with Gasteiger partial charge in [0.05, 0.1) is 19.0 Å². The van der Waals surface area contributed by atoms with E-state index in [-0.39, 0.29) is 31.2 Å². The summed E-state index contributed by atoms with van der Waals surface area (Å²) in [7, 11) is 0. The van der Waals surface area contributed by atoms with Gasteiger partial charge in [-0.3, -0.25) is 33.6 Å². The highest BCUT2D eigenvalue weighted by Crippen LogP contribution is 2.19. The summed E-state index contributed by atoms with van der Waals surface area (Å²) in [6.45, 7) is 8.48. The fraction of sp³-hybridized carbons (Fsp3) is 0.255. The van der Waals surface area contributed by atoms with Crippen LogP contribution in [0.1, 0.15) is 52.7 Å². The zero-order valence-electron chi connectivity index (χ0n) is 36.8. The first kappa shape index (κ1) is 50.7. The molecular formula is C51H56N6O9. The van der Waals surface area contributed by atoms with Gasteiger partial charge < -0.3 is 41.8 Å². The van der Waals surface area contributed by atoms with Crippen LogP contribution in [0.4, 0.5) is 0 Å². The lowest BCUT2D eigenvalue weighted by Crippen LogP contribution is -2.57. The molecule has 0 spiro atoms. The lowest BCUT2D eigenvalue weighted by Gasteiger charge is -2.24. The maximum atomic E-state index is 13.6. The van der Waals surface area contributed by atoms with Crippen molar-refractivity contribution in [2.75, 3.05) is 13.1 Å². The summed E-state index contributed by atoms with van der Waals surface area (Å²) in [6, 6.07) is 29.2. The Labute approximate surface area is 384 Å². The lowest BCUT2D eigenvalue weighted by molar-refractivity contribution is -0.139. The Morgan fingerprint density at radius 1 is 0.712 bits per heavy atom. The van der Waals surface area contributed by atoms with E-state index in [2.05, 4.69) is 101 Å². The van der Waals surface area contributed by atoms with Crippen LogP contribution in [-0.2, 0) is 46.4 Å². The molecule has 6 amide bonds. The summed E-state index contributed by atoms with van der Waals surface area (Å²) < 4.78 is 0. The number of carboxylic acids is 1. The monoisotopic (exact) mass is 896 g/mol. The van der Waals surface area contributed by atoms with Gasteiger partial charge in [-0.05, 0) is 66.1 Å². The van der Waals surface area contributed by atoms with Crippen molar-refractivity contribution >= 4 is 47.7 Å². The fourth-order valence-electron chi connectivity index (χ4n) is 6.68. The van der Waals surface area contributed by atoms with Crippen LogP contribution in [0.15, 0.2) is 146 Å². The lowest BCUT2D eigenvalue weighted by atomic mass is 10.0. The van der Waals surface area contributed by atoms with E-state index in [0.717, 1.165) is 5.56 Å². The third kappa shape index (κ3) is 17.3. The predicted octanol–water partition coefficient (Wildman–Crippen LogP) is 4.07. The molecule has 4 aromatic carbocycles. The molecule has 7 N–H and O–H groups in total. The number of aldehydes is 1. The Bertz CT molecular complexity index is 2350. The zero-order chi connectivity index (χ0) is 47.8. The molecule has 2 heterocycles. The smallest absolute Gasteiger partial charge is 0.303 e. The molecule has 0 saturated heterocycles. The minimum atomic E-state index is -1.43. The average Bonchev–Trinajstić information content (AvgIpc) is 3.32. The number of benzene rings is 4. The van der Waals surface area contributed by atoms with Gasteiger partial charge in [-0.1, -0.05) is 134 Å². The van der Waals surface area contributed by atoms with E-state index in [1.165, 1.54) is 34.9 Å². The van der Waals surface area contributed by atoms with Crippen LogP contribution >= 0.6 is 0 Å². The first-order valence-corrected chi connectivity index (χ1v) is 21.4. The molecule has 0 fully saturated rings. The molecule has 6 rings (SSSR count). The highest BCUT2D eigenvalue weighted by Gasteiger charge is 2.29. The Kier molecular flexibility index (Phi) is 20.5. The normalized spacial score (nSPS) is 18.5. The van der Waals surface area contributed by atoms with Gasteiger partial charge in [0.15, 0.2) is 0 Å². The Morgan fingerprint density at radius 2 is 1.35 bits per heavy atom. The highest BCUT2D eigenvalue weighted by atomic mass is 16.4. The maximum Gasteiger partial charge on any atom is 0.303 e. The Morgan fingerprint density at radius 3 is 1.97 bits per heavy atom. The molecule has 66 heavy (non-hydrogen) atoms. The topological polar surface area (TPSA) is 229 Å². The molecule has 0 saturated carbocycles. The molecule has 4 atom stereocenters. The number of nitrogens with one attached hydrogen (secondary N) is 6. The molecule has 15 heteroatoms. The second-order valence-corrected chi connectivity index (χ2v) is 15.4. The van der Waals surface area contributed by atoms with E-state index in [4.69, 9.17) is 5.11 Å². The summed E-state index contributed by atoms with van der Waals surface area (Å²) in [6.07, 6.45) is 4.71. The van der Waals surface area contributed by atoms with Gasteiger partial charge in [-0.2, -0.15) is 0 Å². The number of aryl methyl sites for hydroxylation is 1. The highest BCUT2D eigenvalue weighted by molar-refractivity contribution is 5.97. The summed E-state index contributed by atoms with van der Waals surface area (Å²) in [5.41, 5.74) is 6.05. The van der Waals surface area contributed by atoms with Gasteiger partial charge in [-0.15, -0.1) is 0 Å². The molecule has 0 aromatic heterocycles. The van der Waals surface area contributed by atoms with Crippen molar-refractivity contribution in [1.82, 2.24) is 31.9 Å². The van der Waals surface area contributed by atoms with Crippen molar-refractivity contribution in [2.45, 2.75) is 69.6 Å². The molecule has 0 aliphatic carbocycles. The van der Waals surface area contributed by atoms with Gasteiger partial charge in [0.25, 0.3) is 5.91 Å². The van der Waals surface area contributed by atoms with Crippen LogP contribution in [0.25, 0.3) is 11.1 Å². The number of amides is 6. The first-order chi connectivity index (χ1) is 31.8. The van der Waals surface area contributed by atoms with E-state index >= 15 is 0 Å².